The molecule has 2 atom stereocenters. The predicted molar refractivity (Wildman–Crippen MR) is 113 cm³/mol. The van der Waals surface area contributed by atoms with Crippen molar-refractivity contribution < 1.29 is 4.74 Å². The smallest absolute Gasteiger partial charge is 0.197 e. The van der Waals surface area contributed by atoms with Gasteiger partial charge in [0.25, 0.3) is 0 Å². The van der Waals surface area contributed by atoms with Gasteiger partial charge < -0.3 is 15.5 Å². The highest BCUT2D eigenvalue weighted by Crippen LogP contribution is 2.38. The van der Waals surface area contributed by atoms with Gasteiger partial charge in [0.2, 0.25) is 0 Å². The van der Waals surface area contributed by atoms with Crippen molar-refractivity contribution in [2.75, 3.05) is 7.11 Å². The van der Waals surface area contributed by atoms with Crippen LogP contribution in [0.15, 0.2) is 30.7 Å². The van der Waals surface area contributed by atoms with Crippen LogP contribution in [0.2, 0.25) is 0 Å². The van der Waals surface area contributed by atoms with Crippen LogP contribution in [0.1, 0.15) is 56.2 Å². The van der Waals surface area contributed by atoms with E-state index in [2.05, 4.69) is 41.0 Å². The SMILES string of the molecule is COc1cc(-c2[nH]c3ccc([C@H]4CC[C@@H](N)C4)nc3c2C(C)C)cn2ncnc12. The number of hydrogen-bond donors (Lipinski definition) is 2. The zero-order valence-electron chi connectivity index (χ0n) is 17.0. The molecule has 29 heavy (non-hydrogen) atoms. The molecule has 1 fully saturated rings. The highest BCUT2D eigenvalue weighted by atomic mass is 16.5. The quantitative estimate of drug-likeness (QED) is 0.549. The van der Waals surface area contributed by atoms with Crippen LogP contribution in [0.3, 0.4) is 0 Å². The average molecular weight is 390 g/mol. The molecule has 0 bridgehead atoms. The van der Waals surface area contributed by atoms with Crippen LogP contribution in [0.4, 0.5) is 0 Å². The molecular weight excluding hydrogens is 364 g/mol. The predicted octanol–water partition coefficient (Wildman–Crippen LogP) is 4.00. The van der Waals surface area contributed by atoms with E-state index >= 15 is 0 Å². The standard InChI is InChI=1S/C22H26N6O/c1-12(2)19-20(14-9-18(29-3)22-24-11-25-28(22)10-14)27-17-7-6-16(26-21(17)19)13-4-5-15(23)8-13/h6-7,9-13,15,27H,4-5,8,23H2,1-3H3/t13-,15+/m0/s1. The summed E-state index contributed by atoms with van der Waals surface area (Å²) in [5, 5.41) is 4.30. The minimum Gasteiger partial charge on any atom is -0.493 e. The Morgan fingerprint density at radius 2 is 2.14 bits per heavy atom. The van der Waals surface area contributed by atoms with Gasteiger partial charge in [-0.15, -0.1) is 0 Å². The Balaban J connectivity index is 1.69. The second-order valence-electron chi connectivity index (χ2n) is 8.30. The zero-order valence-corrected chi connectivity index (χ0v) is 17.0. The first kappa shape index (κ1) is 18.1. The Morgan fingerprint density at radius 1 is 1.28 bits per heavy atom. The van der Waals surface area contributed by atoms with Gasteiger partial charge in [-0.25, -0.2) is 9.50 Å². The van der Waals surface area contributed by atoms with E-state index in [9.17, 15) is 0 Å². The molecule has 1 aliphatic rings. The van der Waals surface area contributed by atoms with Gasteiger partial charge in [-0.2, -0.15) is 5.10 Å². The lowest BCUT2D eigenvalue weighted by atomic mass is 9.97. The number of aromatic amines is 1. The van der Waals surface area contributed by atoms with Gasteiger partial charge in [0.1, 0.15) is 6.33 Å². The van der Waals surface area contributed by atoms with Crippen molar-refractivity contribution in [2.24, 2.45) is 5.73 Å². The maximum atomic E-state index is 6.14. The van der Waals surface area contributed by atoms with Crippen molar-refractivity contribution in [2.45, 2.75) is 51.0 Å². The summed E-state index contributed by atoms with van der Waals surface area (Å²) in [6.45, 7) is 4.41. The molecular formula is C22H26N6O. The van der Waals surface area contributed by atoms with Crippen molar-refractivity contribution in [1.82, 2.24) is 24.6 Å². The Bertz CT molecular complexity index is 1190. The number of nitrogens with one attached hydrogen (secondary N) is 1. The van der Waals surface area contributed by atoms with Crippen molar-refractivity contribution in [3.8, 4) is 17.0 Å². The fourth-order valence-electron chi connectivity index (χ4n) is 4.59. The first-order valence-electron chi connectivity index (χ1n) is 10.2. The third-order valence-electron chi connectivity index (χ3n) is 6.02. The monoisotopic (exact) mass is 390 g/mol. The molecule has 1 aliphatic carbocycles. The lowest BCUT2D eigenvalue weighted by Gasteiger charge is -2.12. The molecule has 0 aromatic carbocycles. The fraction of sp³-hybridized carbons (Fsp3) is 0.409. The summed E-state index contributed by atoms with van der Waals surface area (Å²) < 4.78 is 7.31. The molecule has 0 spiro atoms. The van der Waals surface area contributed by atoms with Crippen molar-refractivity contribution in [1.29, 1.82) is 0 Å². The summed E-state index contributed by atoms with van der Waals surface area (Å²) in [6, 6.07) is 6.61. The summed E-state index contributed by atoms with van der Waals surface area (Å²) in [5.74, 6) is 1.46. The number of ether oxygens (including phenoxy) is 1. The molecule has 0 aliphatic heterocycles. The molecule has 4 heterocycles. The zero-order chi connectivity index (χ0) is 20.1. The van der Waals surface area contributed by atoms with Crippen molar-refractivity contribution in [3.05, 3.63) is 42.0 Å². The number of pyridine rings is 2. The van der Waals surface area contributed by atoms with Gasteiger partial charge >= 0.3 is 0 Å². The molecule has 7 heteroatoms. The van der Waals surface area contributed by atoms with Crippen molar-refractivity contribution >= 4 is 16.7 Å². The second kappa shape index (κ2) is 6.84. The van der Waals surface area contributed by atoms with Gasteiger partial charge in [-0.05, 0) is 43.4 Å². The average Bonchev–Trinajstić information content (AvgIpc) is 3.43. The number of rotatable bonds is 4. The van der Waals surface area contributed by atoms with E-state index < -0.39 is 0 Å². The number of nitrogens with two attached hydrogens (primary N) is 1. The van der Waals surface area contributed by atoms with Crippen LogP contribution in [0, 0.1) is 0 Å². The molecule has 0 radical (unpaired) electrons. The molecule has 1 saturated carbocycles. The van der Waals surface area contributed by atoms with Crippen molar-refractivity contribution in [3.63, 3.8) is 0 Å². The first-order chi connectivity index (χ1) is 14.0. The highest BCUT2D eigenvalue weighted by molar-refractivity contribution is 5.89. The van der Waals surface area contributed by atoms with Gasteiger partial charge in [0, 0.05) is 35.0 Å². The number of nitrogens with zero attached hydrogens (tertiary/aromatic N) is 4. The fourth-order valence-corrected chi connectivity index (χ4v) is 4.59. The van der Waals surface area contributed by atoms with Crippen LogP contribution < -0.4 is 10.5 Å². The Morgan fingerprint density at radius 3 is 2.86 bits per heavy atom. The van der Waals surface area contributed by atoms with E-state index in [0.717, 1.165) is 47.2 Å². The number of hydrogen-bond acceptors (Lipinski definition) is 5. The van der Waals surface area contributed by atoms with Crippen LogP contribution in [-0.4, -0.2) is 37.7 Å². The molecule has 4 aromatic heterocycles. The van der Waals surface area contributed by atoms with Crippen LogP contribution >= 0.6 is 0 Å². The first-order valence-corrected chi connectivity index (χ1v) is 10.2. The lowest BCUT2D eigenvalue weighted by Crippen LogP contribution is -2.14. The van der Waals surface area contributed by atoms with Crippen LogP contribution in [0.5, 0.6) is 5.75 Å². The molecule has 7 nitrogen and oxygen atoms in total. The highest BCUT2D eigenvalue weighted by Gasteiger charge is 2.26. The normalized spacial score (nSPS) is 19.6. The number of H-pyrrole nitrogens is 1. The Kier molecular flexibility index (Phi) is 4.28. The molecule has 4 aromatic rings. The van der Waals surface area contributed by atoms with Gasteiger partial charge in [0.15, 0.2) is 11.4 Å². The molecule has 3 N–H and O–H groups in total. The lowest BCUT2D eigenvalue weighted by molar-refractivity contribution is 0.416. The maximum absolute atomic E-state index is 6.14. The van der Waals surface area contributed by atoms with Crippen LogP contribution in [0.25, 0.3) is 27.9 Å². The number of methoxy groups -OCH3 is 1. The van der Waals surface area contributed by atoms with Gasteiger partial charge in [-0.3, -0.25) is 4.98 Å². The number of aromatic nitrogens is 5. The Labute approximate surface area is 169 Å². The van der Waals surface area contributed by atoms with E-state index in [0.29, 0.717) is 29.3 Å². The summed E-state index contributed by atoms with van der Waals surface area (Å²) in [5.41, 5.74) is 13.4. The van der Waals surface area contributed by atoms with E-state index in [4.69, 9.17) is 15.5 Å². The van der Waals surface area contributed by atoms with E-state index in [1.165, 1.54) is 11.9 Å². The molecule has 0 amide bonds. The molecule has 0 unspecified atom stereocenters. The third-order valence-corrected chi connectivity index (χ3v) is 6.02. The van der Waals surface area contributed by atoms with Gasteiger partial charge in [-0.1, -0.05) is 13.8 Å². The van der Waals surface area contributed by atoms with E-state index in [-0.39, 0.29) is 0 Å². The second-order valence-corrected chi connectivity index (χ2v) is 8.30. The van der Waals surface area contributed by atoms with Gasteiger partial charge in [0.05, 0.1) is 23.8 Å². The molecule has 0 saturated heterocycles. The minimum atomic E-state index is 0.297. The molecule has 150 valence electrons. The molecule has 5 rings (SSSR count). The summed E-state index contributed by atoms with van der Waals surface area (Å²) in [6.07, 6.45) is 6.74. The topological polar surface area (TPSA) is 94.1 Å². The van der Waals surface area contributed by atoms with Crippen LogP contribution in [-0.2, 0) is 0 Å². The summed E-state index contributed by atoms with van der Waals surface area (Å²) >= 11 is 0. The third kappa shape index (κ3) is 2.97. The summed E-state index contributed by atoms with van der Waals surface area (Å²) in [4.78, 5) is 13.0. The Hall–Kier alpha value is -2.93. The maximum Gasteiger partial charge on any atom is 0.197 e. The van der Waals surface area contributed by atoms with E-state index in [1.54, 1.807) is 11.6 Å². The summed E-state index contributed by atoms with van der Waals surface area (Å²) in [7, 11) is 1.66. The van der Waals surface area contributed by atoms with E-state index in [1.807, 2.05) is 12.3 Å². The number of fused-ring (bicyclic) bond motifs is 2. The largest absolute Gasteiger partial charge is 0.493 e. The minimum absolute atomic E-state index is 0.297.